The first-order chi connectivity index (χ1) is 12.8. The fourth-order valence-corrected chi connectivity index (χ4v) is 3.34. The molecule has 1 atom stereocenters. The number of aromatic nitrogens is 2. The molecule has 1 fully saturated rings. The minimum atomic E-state index is -3.26. The Morgan fingerprint density at radius 2 is 2.04 bits per heavy atom. The van der Waals surface area contributed by atoms with Gasteiger partial charge in [-0.3, -0.25) is 9.69 Å². The lowest BCUT2D eigenvalue weighted by Crippen LogP contribution is -2.45. The zero-order chi connectivity index (χ0) is 19.6. The third-order valence-electron chi connectivity index (χ3n) is 4.33. The van der Waals surface area contributed by atoms with Gasteiger partial charge in [0.25, 0.3) is 0 Å². The van der Waals surface area contributed by atoms with E-state index in [9.17, 15) is 18.0 Å². The third-order valence-corrected chi connectivity index (χ3v) is 5.46. The molecule has 1 saturated heterocycles. The van der Waals surface area contributed by atoms with Crippen LogP contribution in [0.25, 0.3) is 0 Å². The fraction of sp³-hybridized carbons (Fsp3) is 0.353. The zero-order valence-corrected chi connectivity index (χ0v) is 15.8. The smallest absolute Gasteiger partial charge is 0.411 e. The summed E-state index contributed by atoms with van der Waals surface area (Å²) >= 11 is 0. The van der Waals surface area contributed by atoms with Gasteiger partial charge in [0, 0.05) is 32.2 Å². The minimum Gasteiger partial charge on any atom is -0.447 e. The maximum absolute atomic E-state index is 12.5. The highest BCUT2D eigenvalue weighted by Gasteiger charge is 2.38. The molecule has 3 rings (SSSR count). The SMILES string of the molecule is Cn1ccnc1CN1C(=O)OC[C@H]1C(=O)NCc1ccc(S(C)(=O)=O)cc1. The molecule has 0 radical (unpaired) electrons. The van der Waals surface area contributed by atoms with E-state index in [1.165, 1.54) is 17.0 Å². The van der Waals surface area contributed by atoms with E-state index in [2.05, 4.69) is 10.3 Å². The van der Waals surface area contributed by atoms with Crippen molar-refractivity contribution >= 4 is 21.8 Å². The van der Waals surface area contributed by atoms with Crippen molar-refractivity contribution in [3.05, 3.63) is 48.0 Å². The van der Waals surface area contributed by atoms with Gasteiger partial charge in [0.2, 0.25) is 5.91 Å². The van der Waals surface area contributed by atoms with Crippen LogP contribution in [0.3, 0.4) is 0 Å². The van der Waals surface area contributed by atoms with Crippen molar-refractivity contribution in [3.8, 4) is 0 Å². The number of hydrogen-bond acceptors (Lipinski definition) is 6. The molecule has 2 heterocycles. The van der Waals surface area contributed by atoms with Gasteiger partial charge < -0.3 is 14.6 Å². The van der Waals surface area contributed by atoms with Crippen molar-refractivity contribution in [3.63, 3.8) is 0 Å². The van der Waals surface area contributed by atoms with Crippen molar-refractivity contribution in [1.82, 2.24) is 19.8 Å². The molecule has 2 aromatic rings. The monoisotopic (exact) mass is 392 g/mol. The zero-order valence-electron chi connectivity index (χ0n) is 15.0. The number of hydrogen-bond donors (Lipinski definition) is 1. The topological polar surface area (TPSA) is 111 Å². The van der Waals surface area contributed by atoms with Crippen LogP contribution in [0.4, 0.5) is 4.79 Å². The molecule has 0 aliphatic carbocycles. The van der Waals surface area contributed by atoms with Gasteiger partial charge in [0.1, 0.15) is 18.5 Å². The van der Waals surface area contributed by atoms with Crippen LogP contribution < -0.4 is 5.32 Å². The molecule has 10 heteroatoms. The molecule has 27 heavy (non-hydrogen) atoms. The summed E-state index contributed by atoms with van der Waals surface area (Å²) in [5.41, 5.74) is 0.747. The summed E-state index contributed by atoms with van der Waals surface area (Å²) in [6.07, 6.45) is 3.95. The Hall–Kier alpha value is -2.88. The first-order valence-electron chi connectivity index (χ1n) is 8.22. The van der Waals surface area contributed by atoms with E-state index >= 15 is 0 Å². The second-order valence-electron chi connectivity index (χ2n) is 6.31. The van der Waals surface area contributed by atoms with E-state index in [1.807, 2.05) is 0 Å². The van der Waals surface area contributed by atoms with Crippen LogP contribution in [-0.4, -0.2) is 53.8 Å². The summed E-state index contributed by atoms with van der Waals surface area (Å²) in [7, 11) is -1.46. The van der Waals surface area contributed by atoms with Crippen molar-refractivity contribution in [2.24, 2.45) is 7.05 Å². The van der Waals surface area contributed by atoms with Crippen molar-refractivity contribution in [2.75, 3.05) is 12.9 Å². The van der Waals surface area contributed by atoms with Crippen LogP contribution >= 0.6 is 0 Å². The molecule has 0 spiro atoms. The highest BCUT2D eigenvalue weighted by molar-refractivity contribution is 7.90. The second kappa shape index (κ2) is 7.39. The highest BCUT2D eigenvalue weighted by Crippen LogP contribution is 2.16. The van der Waals surface area contributed by atoms with Crippen molar-refractivity contribution < 1.29 is 22.7 Å². The van der Waals surface area contributed by atoms with Gasteiger partial charge in [-0.25, -0.2) is 18.2 Å². The number of nitrogens with one attached hydrogen (secondary N) is 1. The maximum Gasteiger partial charge on any atom is 0.411 e. The number of aryl methyl sites for hydroxylation is 1. The number of carbonyl (C=O) groups excluding carboxylic acids is 2. The van der Waals surface area contributed by atoms with Gasteiger partial charge >= 0.3 is 6.09 Å². The molecule has 1 aromatic heterocycles. The van der Waals surface area contributed by atoms with E-state index in [1.54, 1.807) is 36.1 Å². The van der Waals surface area contributed by atoms with E-state index < -0.39 is 22.0 Å². The third kappa shape index (κ3) is 4.27. The molecular formula is C17H20N4O5S. The van der Waals surface area contributed by atoms with Crippen molar-refractivity contribution in [1.29, 1.82) is 0 Å². The summed E-state index contributed by atoms with van der Waals surface area (Å²) in [4.78, 5) is 30.2. The predicted molar refractivity (Wildman–Crippen MR) is 95.3 cm³/mol. The number of ether oxygens (including phenoxy) is 1. The van der Waals surface area contributed by atoms with Crippen molar-refractivity contribution in [2.45, 2.75) is 24.0 Å². The number of imidazole rings is 1. The predicted octanol–water partition coefficient (Wildman–Crippen LogP) is 0.461. The molecule has 1 aromatic carbocycles. The van der Waals surface area contributed by atoms with Gasteiger partial charge in [0.05, 0.1) is 11.4 Å². The van der Waals surface area contributed by atoms with Crippen LogP contribution in [0.2, 0.25) is 0 Å². The summed E-state index contributed by atoms with van der Waals surface area (Å²) in [6, 6.07) is 5.51. The number of carbonyl (C=O) groups is 2. The Morgan fingerprint density at radius 1 is 1.33 bits per heavy atom. The van der Waals surface area contributed by atoms with E-state index in [4.69, 9.17) is 4.74 Å². The normalized spacial score (nSPS) is 17.0. The van der Waals surface area contributed by atoms with Gasteiger partial charge in [-0.1, -0.05) is 12.1 Å². The molecule has 1 aliphatic rings. The van der Waals surface area contributed by atoms with Crippen LogP contribution in [0.1, 0.15) is 11.4 Å². The molecule has 0 bridgehead atoms. The van der Waals surface area contributed by atoms with E-state index in [-0.39, 0.29) is 30.5 Å². The number of rotatable bonds is 6. The van der Waals surface area contributed by atoms with Gasteiger partial charge in [-0.2, -0.15) is 0 Å². The first-order valence-corrected chi connectivity index (χ1v) is 10.1. The summed E-state index contributed by atoms with van der Waals surface area (Å²) < 4.78 is 29.7. The van der Waals surface area contributed by atoms with Crippen LogP contribution in [0, 0.1) is 0 Å². The Balaban J connectivity index is 1.63. The molecular weight excluding hydrogens is 372 g/mol. The number of sulfone groups is 1. The molecule has 0 saturated carbocycles. The Labute approximate surface area is 156 Å². The number of amides is 2. The Kier molecular flexibility index (Phi) is 5.17. The largest absolute Gasteiger partial charge is 0.447 e. The average molecular weight is 392 g/mol. The summed E-state index contributed by atoms with van der Waals surface area (Å²) in [6.45, 7) is 0.357. The molecule has 0 unspecified atom stereocenters. The Morgan fingerprint density at radius 3 is 2.63 bits per heavy atom. The first kappa shape index (κ1) is 18.9. The van der Waals surface area contributed by atoms with Gasteiger partial charge in [0.15, 0.2) is 9.84 Å². The second-order valence-corrected chi connectivity index (χ2v) is 8.32. The molecule has 2 amide bonds. The van der Waals surface area contributed by atoms with Crippen LogP contribution in [0.15, 0.2) is 41.6 Å². The van der Waals surface area contributed by atoms with Crippen LogP contribution in [-0.2, 0) is 39.5 Å². The molecule has 1 N–H and O–H groups in total. The van der Waals surface area contributed by atoms with Gasteiger partial charge in [-0.15, -0.1) is 0 Å². The number of benzene rings is 1. The fourth-order valence-electron chi connectivity index (χ4n) is 2.71. The summed E-state index contributed by atoms with van der Waals surface area (Å²) in [5.74, 6) is 0.297. The van der Waals surface area contributed by atoms with Gasteiger partial charge in [-0.05, 0) is 17.7 Å². The maximum atomic E-state index is 12.5. The molecule has 9 nitrogen and oxygen atoms in total. The van der Waals surface area contributed by atoms with E-state index in [0.717, 1.165) is 11.8 Å². The van der Waals surface area contributed by atoms with Crippen LogP contribution in [0.5, 0.6) is 0 Å². The van der Waals surface area contributed by atoms with E-state index in [0.29, 0.717) is 5.82 Å². The highest BCUT2D eigenvalue weighted by atomic mass is 32.2. The number of nitrogens with zero attached hydrogens (tertiary/aromatic N) is 3. The minimum absolute atomic E-state index is 0.0257. The number of cyclic esters (lactones) is 1. The Bertz CT molecular complexity index is 952. The standard InChI is InChI=1S/C17H20N4O5S/c1-20-8-7-18-15(20)10-21-14(11-26-17(21)23)16(22)19-9-12-3-5-13(6-4-12)27(2,24)25/h3-8,14H,9-11H2,1-2H3,(H,19,22)/t14-/m0/s1. The summed E-state index contributed by atoms with van der Waals surface area (Å²) in [5, 5.41) is 2.75. The lowest BCUT2D eigenvalue weighted by atomic mass is 10.2. The molecule has 1 aliphatic heterocycles. The molecule has 144 valence electrons. The average Bonchev–Trinajstić information content (AvgIpc) is 3.19. The quantitative estimate of drug-likeness (QED) is 0.765. The lowest BCUT2D eigenvalue weighted by Gasteiger charge is -2.20. The lowest BCUT2D eigenvalue weighted by molar-refractivity contribution is -0.125.